The molecule has 2 rings (SSSR count). The highest BCUT2D eigenvalue weighted by atomic mass is 35.5. The Morgan fingerprint density at radius 1 is 1.23 bits per heavy atom. The lowest BCUT2D eigenvalue weighted by Gasteiger charge is -2.18. The first-order valence-electron chi connectivity index (χ1n) is 7.53. The summed E-state index contributed by atoms with van der Waals surface area (Å²) in [7, 11) is 0. The lowest BCUT2D eigenvalue weighted by atomic mass is 10.1. The van der Waals surface area contributed by atoms with Crippen LogP contribution in [0.25, 0.3) is 0 Å². The lowest BCUT2D eigenvalue weighted by molar-refractivity contribution is -0.137. The molecule has 1 heterocycles. The van der Waals surface area contributed by atoms with Crippen LogP contribution < -0.4 is 5.32 Å². The number of nitrogens with zero attached hydrogens (tertiary/aromatic N) is 1. The second-order valence-corrected chi connectivity index (χ2v) is 7.29. The number of halogens is 5. The first-order chi connectivity index (χ1) is 12.1. The van der Waals surface area contributed by atoms with Crippen molar-refractivity contribution in [2.75, 3.05) is 0 Å². The Labute approximate surface area is 157 Å². The Kier molecular flexibility index (Phi) is 6.52. The van der Waals surface area contributed by atoms with E-state index in [4.69, 9.17) is 11.6 Å². The van der Waals surface area contributed by atoms with Crippen molar-refractivity contribution < 1.29 is 22.4 Å². The van der Waals surface area contributed by atoms with Gasteiger partial charge in [-0.2, -0.15) is 13.2 Å². The van der Waals surface area contributed by atoms with Gasteiger partial charge < -0.3 is 5.32 Å². The fraction of sp³-hybridized carbons (Fsp3) is 0.294. The Hall–Kier alpha value is -1.80. The summed E-state index contributed by atoms with van der Waals surface area (Å²) in [5, 5.41) is 2.08. The van der Waals surface area contributed by atoms with E-state index in [1.54, 1.807) is 26.0 Å². The third kappa shape index (κ3) is 5.35. The monoisotopic (exact) mass is 406 g/mol. The van der Waals surface area contributed by atoms with Gasteiger partial charge in [0.2, 0.25) is 5.91 Å². The first kappa shape index (κ1) is 20.5. The van der Waals surface area contributed by atoms with Crippen molar-refractivity contribution in [3.8, 4) is 0 Å². The average molecular weight is 407 g/mol. The van der Waals surface area contributed by atoms with Crippen molar-refractivity contribution in [1.82, 2.24) is 10.3 Å². The number of amides is 1. The van der Waals surface area contributed by atoms with Crippen LogP contribution in [0.5, 0.6) is 0 Å². The molecule has 0 aliphatic heterocycles. The van der Waals surface area contributed by atoms with Crippen molar-refractivity contribution in [2.45, 2.75) is 36.3 Å². The minimum Gasteiger partial charge on any atom is -0.349 e. The van der Waals surface area contributed by atoms with Gasteiger partial charge >= 0.3 is 6.18 Å². The summed E-state index contributed by atoms with van der Waals surface area (Å²) in [4.78, 5) is 16.0. The molecular weight excluding hydrogens is 392 g/mol. The molecule has 0 aliphatic carbocycles. The summed E-state index contributed by atoms with van der Waals surface area (Å²) in [5.41, 5.74) is -0.225. The molecule has 0 unspecified atom stereocenters. The van der Waals surface area contributed by atoms with E-state index in [1.165, 1.54) is 12.1 Å². The average Bonchev–Trinajstić information content (AvgIpc) is 2.56. The van der Waals surface area contributed by atoms with Crippen LogP contribution in [0.15, 0.2) is 41.6 Å². The third-order valence-corrected chi connectivity index (χ3v) is 5.04. The van der Waals surface area contributed by atoms with Crippen molar-refractivity contribution in [3.63, 3.8) is 0 Å². The van der Waals surface area contributed by atoms with E-state index < -0.39 is 17.0 Å². The van der Waals surface area contributed by atoms with Gasteiger partial charge in [0, 0.05) is 6.20 Å². The highest BCUT2D eigenvalue weighted by Gasteiger charge is 2.32. The largest absolute Gasteiger partial charge is 0.417 e. The number of aromatic nitrogens is 1. The number of thioether (sulfide) groups is 1. The van der Waals surface area contributed by atoms with Crippen LogP contribution in [0, 0.1) is 5.82 Å². The molecule has 3 nitrogen and oxygen atoms in total. The number of carbonyl (C=O) groups excluding carboxylic acids is 1. The van der Waals surface area contributed by atoms with Crippen LogP contribution in [0.2, 0.25) is 5.02 Å². The molecule has 0 saturated carbocycles. The summed E-state index contributed by atoms with van der Waals surface area (Å²) < 4.78 is 50.8. The van der Waals surface area contributed by atoms with Crippen LogP contribution in [-0.2, 0) is 11.0 Å². The number of hydrogen-bond donors (Lipinski definition) is 1. The van der Waals surface area contributed by atoms with E-state index in [0.29, 0.717) is 6.20 Å². The van der Waals surface area contributed by atoms with Gasteiger partial charge in [-0.1, -0.05) is 35.5 Å². The van der Waals surface area contributed by atoms with Gasteiger partial charge in [-0.15, -0.1) is 0 Å². The zero-order valence-electron chi connectivity index (χ0n) is 13.8. The van der Waals surface area contributed by atoms with Crippen molar-refractivity contribution >= 4 is 29.3 Å². The molecule has 0 fully saturated rings. The first-order valence-corrected chi connectivity index (χ1v) is 8.79. The van der Waals surface area contributed by atoms with E-state index >= 15 is 0 Å². The highest BCUT2D eigenvalue weighted by Crippen LogP contribution is 2.35. The third-order valence-electron chi connectivity index (χ3n) is 3.52. The predicted molar refractivity (Wildman–Crippen MR) is 92.5 cm³/mol. The van der Waals surface area contributed by atoms with Gasteiger partial charge in [0.05, 0.1) is 21.9 Å². The smallest absolute Gasteiger partial charge is 0.349 e. The van der Waals surface area contributed by atoms with Crippen LogP contribution in [0.4, 0.5) is 17.6 Å². The van der Waals surface area contributed by atoms with Gasteiger partial charge in [0.25, 0.3) is 0 Å². The van der Waals surface area contributed by atoms with Gasteiger partial charge in [0.1, 0.15) is 10.8 Å². The van der Waals surface area contributed by atoms with E-state index in [9.17, 15) is 22.4 Å². The predicted octanol–water partition coefficient (Wildman–Crippen LogP) is 5.25. The fourth-order valence-corrected chi connectivity index (χ4v) is 3.15. The molecule has 0 spiro atoms. The number of benzene rings is 1. The molecule has 140 valence electrons. The maximum atomic E-state index is 12.9. The van der Waals surface area contributed by atoms with Crippen molar-refractivity contribution in [1.29, 1.82) is 0 Å². The van der Waals surface area contributed by atoms with Gasteiger partial charge in [-0.3, -0.25) is 4.79 Å². The molecule has 0 radical (unpaired) electrons. The number of alkyl halides is 3. The minimum absolute atomic E-state index is 0.136. The second-order valence-electron chi connectivity index (χ2n) is 5.55. The molecule has 26 heavy (non-hydrogen) atoms. The van der Waals surface area contributed by atoms with E-state index in [-0.39, 0.29) is 27.8 Å². The Morgan fingerprint density at radius 3 is 2.38 bits per heavy atom. The summed E-state index contributed by atoms with van der Waals surface area (Å²) >= 11 is 6.80. The van der Waals surface area contributed by atoms with Gasteiger partial charge in [-0.05, 0) is 37.6 Å². The van der Waals surface area contributed by atoms with Crippen molar-refractivity contribution in [2.24, 2.45) is 0 Å². The number of hydrogen-bond acceptors (Lipinski definition) is 3. The molecule has 1 aromatic carbocycles. The molecule has 2 aromatic rings. The van der Waals surface area contributed by atoms with Crippen LogP contribution in [-0.4, -0.2) is 16.1 Å². The highest BCUT2D eigenvalue weighted by molar-refractivity contribution is 8.00. The fourth-order valence-electron chi connectivity index (χ4n) is 2.05. The molecule has 0 bridgehead atoms. The number of rotatable bonds is 5. The molecule has 1 amide bonds. The molecular formula is C17H15ClF4N2OS. The molecule has 2 atom stereocenters. The summed E-state index contributed by atoms with van der Waals surface area (Å²) in [5.74, 6) is -0.719. The topological polar surface area (TPSA) is 42.0 Å². The zero-order valence-corrected chi connectivity index (χ0v) is 15.3. The summed E-state index contributed by atoms with van der Waals surface area (Å²) in [6, 6.07) is 6.13. The van der Waals surface area contributed by atoms with Crippen LogP contribution >= 0.6 is 23.4 Å². The van der Waals surface area contributed by atoms with Gasteiger partial charge in [0.15, 0.2) is 0 Å². The Morgan fingerprint density at radius 2 is 1.85 bits per heavy atom. The lowest BCUT2D eigenvalue weighted by Crippen LogP contribution is -2.33. The van der Waals surface area contributed by atoms with E-state index in [0.717, 1.165) is 23.4 Å². The molecule has 0 aliphatic rings. The number of nitrogens with one attached hydrogen (secondary N) is 1. The summed E-state index contributed by atoms with van der Waals surface area (Å²) in [6.45, 7) is 3.33. The van der Waals surface area contributed by atoms with E-state index in [2.05, 4.69) is 10.3 Å². The Bertz CT molecular complexity index is 783. The Balaban J connectivity index is 2.01. The van der Waals surface area contributed by atoms with Crippen molar-refractivity contribution in [3.05, 3.63) is 58.5 Å². The molecule has 9 heteroatoms. The quantitative estimate of drug-likeness (QED) is 0.544. The SMILES string of the molecule is C[C@@H](Sc1ncc(C(F)(F)F)cc1Cl)C(=O)N[C@H](C)c1ccc(F)cc1. The van der Waals surface area contributed by atoms with Crippen LogP contribution in [0.1, 0.15) is 31.0 Å². The standard InChI is InChI=1S/C17H15ClF4N2OS/c1-9(11-3-5-13(19)6-4-11)24-15(25)10(2)26-16-14(18)7-12(8-23-16)17(20,21)22/h3-10H,1-2H3,(H,24,25)/t9-,10-/m1/s1. The molecule has 0 saturated heterocycles. The molecule has 1 aromatic heterocycles. The minimum atomic E-state index is -4.53. The maximum absolute atomic E-state index is 12.9. The normalized spacial score (nSPS) is 14.0. The number of pyridine rings is 1. The number of carbonyl (C=O) groups is 1. The second kappa shape index (κ2) is 8.26. The van der Waals surface area contributed by atoms with E-state index in [1.807, 2.05) is 0 Å². The van der Waals surface area contributed by atoms with Gasteiger partial charge in [-0.25, -0.2) is 9.37 Å². The van der Waals surface area contributed by atoms with Crippen LogP contribution in [0.3, 0.4) is 0 Å². The molecule has 1 N–H and O–H groups in total. The maximum Gasteiger partial charge on any atom is 0.417 e. The summed E-state index contributed by atoms with van der Waals surface area (Å²) in [6.07, 6.45) is -3.85. The zero-order chi connectivity index (χ0) is 19.5.